The maximum Gasteiger partial charge on any atom is 0.234 e. The van der Waals surface area contributed by atoms with Gasteiger partial charge in [0.1, 0.15) is 12.3 Å². The van der Waals surface area contributed by atoms with Crippen molar-refractivity contribution in [2.75, 3.05) is 19.9 Å². The molecule has 5 nitrogen and oxygen atoms in total. The van der Waals surface area contributed by atoms with Gasteiger partial charge in [0.25, 0.3) is 0 Å². The largest absolute Gasteiger partial charge is 0.493 e. The molecule has 4 rings (SSSR count). The molecule has 0 radical (unpaired) electrons. The number of quaternary nitrogens is 1. The van der Waals surface area contributed by atoms with Gasteiger partial charge in [-0.3, -0.25) is 0 Å². The summed E-state index contributed by atoms with van der Waals surface area (Å²) in [5.41, 5.74) is 3.73. The zero-order chi connectivity index (χ0) is 19.9. The van der Waals surface area contributed by atoms with E-state index in [2.05, 4.69) is 47.4 Å². The average molecular weight is 392 g/mol. The minimum absolute atomic E-state index is 0.314. The highest BCUT2D eigenvalue weighted by molar-refractivity contribution is 5.44. The molecule has 150 valence electrons. The Kier molecular flexibility index (Phi) is 6.27. The van der Waals surface area contributed by atoms with Crippen LogP contribution in [0.15, 0.2) is 66.9 Å². The molecule has 2 aromatic carbocycles. The van der Waals surface area contributed by atoms with Crippen molar-refractivity contribution in [2.45, 2.75) is 26.4 Å². The van der Waals surface area contributed by atoms with Gasteiger partial charge in [0.15, 0.2) is 24.2 Å². The number of rotatable bonds is 9. The lowest BCUT2D eigenvalue weighted by Gasteiger charge is -2.20. The van der Waals surface area contributed by atoms with Crippen LogP contribution in [0, 0.1) is 0 Å². The second-order valence-electron chi connectivity index (χ2n) is 7.22. The maximum atomic E-state index is 5.85. The fourth-order valence-corrected chi connectivity index (χ4v) is 3.68. The summed E-state index contributed by atoms with van der Waals surface area (Å²) in [4.78, 5) is 4.84. The molecule has 1 aliphatic rings. The number of aromatic amines is 1. The van der Waals surface area contributed by atoms with E-state index in [1.807, 2.05) is 31.3 Å². The number of benzene rings is 2. The third kappa shape index (κ3) is 5.06. The molecule has 3 aromatic rings. The number of para-hydroxylation sites is 1. The first-order valence-electron chi connectivity index (χ1n) is 10.2. The Balaban J connectivity index is 1.49. The fourth-order valence-electron chi connectivity index (χ4n) is 3.68. The molecule has 0 bridgehead atoms. The number of ether oxygens (including phenoxy) is 3. The number of pyridine rings is 1. The monoisotopic (exact) mass is 392 g/mol. The van der Waals surface area contributed by atoms with Gasteiger partial charge in [0.2, 0.25) is 12.5 Å². The molecule has 0 saturated carbocycles. The van der Waals surface area contributed by atoms with Crippen molar-refractivity contribution >= 4 is 0 Å². The van der Waals surface area contributed by atoms with Crippen LogP contribution in [0.3, 0.4) is 0 Å². The van der Waals surface area contributed by atoms with Gasteiger partial charge in [0, 0.05) is 24.1 Å². The van der Waals surface area contributed by atoms with Crippen molar-refractivity contribution in [1.82, 2.24) is 0 Å². The zero-order valence-electron chi connectivity index (χ0n) is 16.8. The molecular formula is C24H28N2O3+2. The first-order valence-corrected chi connectivity index (χ1v) is 10.2. The van der Waals surface area contributed by atoms with Gasteiger partial charge in [-0.1, -0.05) is 18.2 Å². The molecule has 0 aliphatic carbocycles. The second-order valence-corrected chi connectivity index (χ2v) is 7.22. The van der Waals surface area contributed by atoms with E-state index in [0.29, 0.717) is 13.4 Å². The van der Waals surface area contributed by atoms with Gasteiger partial charge < -0.3 is 19.1 Å². The van der Waals surface area contributed by atoms with E-state index in [9.17, 15) is 0 Å². The molecule has 1 unspecified atom stereocenters. The van der Waals surface area contributed by atoms with Crippen LogP contribution in [-0.4, -0.2) is 19.9 Å². The molecule has 1 aromatic heterocycles. The quantitative estimate of drug-likeness (QED) is 0.609. The summed E-state index contributed by atoms with van der Waals surface area (Å²) in [5.74, 6) is 2.66. The lowest BCUT2D eigenvalue weighted by atomic mass is 10.1. The van der Waals surface area contributed by atoms with Gasteiger partial charge in [-0.2, -0.15) is 0 Å². The Labute approximate surface area is 171 Å². The van der Waals surface area contributed by atoms with Crippen LogP contribution in [0.25, 0.3) is 0 Å². The van der Waals surface area contributed by atoms with Gasteiger partial charge in [-0.15, -0.1) is 0 Å². The number of hydrogen-bond donors (Lipinski definition) is 1. The van der Waals surface area contributed by atoms with E-state index >= 15 is 0 Å². The van der Waals surface area contributed by atoms with Gasteiger partial charge in [-0.05, 0) is 42.8 Å². The SMILES string of the molecule is CCOc1ccccc1C[NH+](CCc1ccc2c(c1)OCO2)Cc1cccc[nH+]1. The molecular weight excluding hydrogens is 364 g/mol. The molecule has 0 spiro atoms. The Bertz CT molecular complexity index is 930. The molecule has 1 atom stereocenters. The first kappa shape index (κ1) is 19.3. The highest BCUT2D eigenvalue weighted by Gasteiger charge is 2.18. The average Bonchev–Trinajstić information content (AvgIpc) is 3.22. The summed E-state index contributed by atoms with van der Waals surface area (Å²) in [6.07, 6.45) is 2.95. The minimum Gasteiger partial charge on any atom is -0.493 e. The lowest BCUT2D eigenvalue weighted by Crippen LogP contribution is -3.09. The number of H-pyrrole nitrogens is 1. The standard InChI is InChI=1S/C24H26N2O3/c1-2-27-22-9-4-3-7-20(22)16-26(17-21-8-5-6-13-25-21)14-12-19-10-11-23-24(15-19)29-18-28-23/h3-11,13,15H,2,12,14,16-18H2,1H3/p+2. The topological polar surface area (TPSA) is 46.3 Å². The molecule has 5 heteroatoms. The lowest BCUT2D eigenvalue weighted by molar-refractivity contribution is -0.931. The minimum atomic E-state index is 0.314. The highest BCUT2D eigenvalue weighted by Crippen LogP contribution is 2.32. The Hall–Kier alpha value is -3.05. The third-order valence-electron chi connectivity index (χ3n) is 5.13. The fraction of sp³-hybridized carbons (Fsp3) is 0.292. The first-order chi connectivity index (χ1) is 14.3. The van der Waals surface area contributed by atoms with E-state index in [-0.39, 0.29) is 0 Å². The number of fused-ring (bicyclic) bond motifs is 1. The van der Waals surface area contributed by atoms with E-state index in [4.69, 9.17) is 14.2 Å². The molecule has 0 fully saturated rings. The molecule has 0 saturated heterocycles. The number of aromatic nitrogens is 1. The normalized spacial score (nSPS) is 13.3. The summed E-state index contributed by atoms with van der Waals surface area (Å²) in [6.45, 7) is 5.85. The van der Waals surface area contributed by atoms with Gasteiger partial charge in [0.05, 0.1) is 13.2 Å². The van der Waals surface area contributed by atoms with Gasteiger partial charge in [-0.25, -0.2) is 4.98 Å². The molecule has 0 amide bonds. The van der Waals surface area contributed by atoms with E-state index < -0.39 is 0 Å². The zero-order valence-corrected chi connectivity index (χ0v) is 16.8. The summed E-state index contributed by atoms with van der Waals surface area (Å²) in [7, 11) is 0. The van der Waals surface area contributed by atoms with Crippen LogP contribution in [0.2, 0.25) is 0 Å². The van der Waals surface area contributed by atoms with Crippen molar-refractivity contribution in [3.05, 3.63) is 83.7 Å². The molecule has 2 N–H and O–H groups in total. The summed E-state index contributed by atoms with van der Waals surface area (Å²) in [5, 5.41) is 0. The summed E-state index contributed by atoms with van der Waals surface area (Å²) < 4.78 is 16.8. The maximum absolute atomic E-state index is 5.85. The highest BCUT2D eigenvalue weighted by atomic mass is 16.7. The smallest absolute Gasteiger partial charge is 0.234 e. The predicted octanol–water partition coefficient (Wildman–Crippen LogP) is 2.46. The van der Waals surface area contributed by atoms with E-state index in [1.165, 1.54) is 21.7 Å². The summed E-state index contributed by atoms with van der Waals surface area (Å²) in [6, 6.07) is 20.8. The Morgan fingerprint density at radius 3 is 2.69 bits per heavy atom. The van der Waals surface area contributed by atoms with Crippen LogP contribution < -0.4 is 24.1 Å². The third-order valence-corrected chi connectivity index (χ3v) is 5.13. The Morgan fingerprint density at radius 1 is 0.966 bits per heavy atom. The molecule has 1 aliphatic heterocycles. The molecule has 2 heterocycles. The second kappa shape index (κ2) is 9.43. The predicted molar refractivity (Wildman–Crippen MR) is 110 cm³/mol. The van der Waals surface area contributed by atoms with Crippen molar-refractivity contribution in [3.63, 3.8) is 0 Å². The van der Waals surface area contributed by atoms with Crippen LogP contribution in [0.5, 0.6) is 17.2 Å². The van der Waals surface area contributed by atoms with Crippen molar-refractivity contribution < 1.29 is 24.1 Å². The Morgan fingerprint density at radius 2 is 1.83 bits per heavy atom. The van der Waals surface area contributed by atoms with Crippen molar-refractivity contribution in [3.8, 4) is 17.2 Å². The van der Waals surface area contributed by atoms with E-state index in [1.54, 1.807) is 0 Å². The van der Waals surface area contributed by atoms with Crippen LogP contribution in [-0.2, 0) is 19.5 Å². The molecule has 29 heavy (non-hydrogen) atoms. The summed E-state index contributed by atoms with van der Waals surface area (Å²) >= 11 is 0. The van der Waals surface area contributed by atoms with E-state index in [0.717, 1.165) is 43.3 Å². The van der Waals surface area contributed by atoms with Gasteiger partial charge >= 0.3 is 0 Å². The number of nitrogens with one attached hydrogen (secondary N) is 2. The van der Waals surface area contributed by atoms with Crippen LogP contribution in [0.1, 0.15) is 23.7 Å². The van der Waals surface area contributed by atoms with Crippen molar-refractivity contribution in [1.29, 1.82) is 0 Å². The number of hydrogen-bond acceptors (Lipinski definition) is 3. The van der Waals surface area contributed by atoms with Crippen LogP contribution >= 0.6 is 0 Å². The van der Waals surface area contributed by atoms with Crippen LogP contribution in [0.4, 0.5) is 0 Å². The van der Waals surface area contributed by atoms with Crippen molar-refractivity contribution in [2.24, 2.45) is 0 Å².